The maximum absolute atomic E-state index is 13.3. The fourth-order valence-corrected chi connectivity index (χ4v) is 9.49. The highest BCUT2D eigenvalue weighted by molar-refractivity contribution is 5.76. The monoisotopic (exact) mass is 1160 g/mol. The molecule has 2 fully saturated rings. The number of allylic oxidation sites excluding steroid dienone is 21. The van der Waals surface area contributed by atoms with Gasteiger partial charge >= 0.3 is 0 Å². The van der Waals surface area contributed by atoms with Crippen molar-refractivity contribution < 1.29 is 64.6 Å². The highest BCUT2D eigenvalue weighted by Crippen LogP contribution is 2.30. The van der Waals surface area contributed by atoms with Gasteiger partial charge in [-0.3, -0.25) is 4.79 Å². The highest BCUT2D eigenvalue weighted by Gasteiger charge is 2.51. The molecule has 0 bridgehead atoms. The maximum atomic E-state index is 13.3. The van der Waals surface area contributed by atoms with Crippen LogP contribution in [0.3, 0.4) is 0 Å². The number of hydrogen-bond acceptors (Lipinski definition) is 13. The molecule has 83 heavy (non-hydrogen) atoms. The number of aliphatic hydroxyl groups excluding tert-OH is 8. The summed E-state index contributed by atoms with van der Waals surface area (Å²) in [5.41, 5.74) is 0. The van der Waals surface area contributed by atoms with Crippen molar-refractivity contribution in [1.29, 1.82) is 0 Å². The minimum atomic E-state index is -1.80. The molecular formula is C69H113NO13. The SMILES string of the molecule is CC/C=C\C/C=C\C/C=C\C/C=C\C/C=C\C/C=C\C/C=C\C/C=C\C/C=C\C/C=C\CCCCCCC(=O)NC(COC1OC(CO)C(OC2OC(CO)C(O)C(O)C2O)C(O)C1O)C(O)/C=C/CCCCCCCCCCCCCC. The van der Waals surface area contributed by atoms with Crippen LogP contribution in [0.2, 0.25) is 0 Å². The van der Waals surface area contributed by atoms with Crippen LogP contribution in [0.25, 0.3) is 0 Å². The number of rotatable bonds is 49. The lowest BCUT2D eigenvalue weighted by atomic mass is 9.97. The van der Waals surface area contributed by atoms with E-state index < -0.39 is 86.8 Å². The molecule has 12 unspecified atom stereocenters. The summed E-state index contributed by atoms with van der Waals surface area (Å²) in [4.78, 5) is 13.3. The van der Waals surface area contributed by atoms with Crippen molar-refractivity contribution >= 4 is 5.91 Å². The third kappa shape index (κ3) is 37.3. The first kappa shape index (κ1) is 75.2. The summed E-state index contributed by atoms with van der Waals surface area (Å²) in [6, 6.07) is -0.938. The third-order valence-corrected chi connectivity index (χ3v) is 14.6. The molecule has 0 spiro atoms. The predicted molar refractivity (Wildman–Crippen MR) is 336 cm³/mol. The maximum Gasteiger partial charge on any atom is 0.220 e. The average Bonchev–Trinajstić information content (AvgIpc) is 3.64. The Kier molecular flexibility index (Phi) is 47.5. The topological polar surface area (TPSA) is 228 Å². The molecule has 12 atom stereocenters. The van der Waals surface area contributed by atoms with Crippen LogP contribution in [-0.4, -0.2) is 140 Å². The van der Waals surface area contributed by atoms with E-state index in [2.05, 4.69) is 141 Å². The van der Waals surface area contributed by atoms with Crippen LogP contribution in [0.4, 0.5) is 0 Å². The van der Waals surface area contributed by atoms with Crippen LogP contribution < -0.4 is 5.32 Å². The van der Waals surface area contributed by atoms with Crippen LogP contribution in [-0.2, 0) is 23.7 Å². The van der Waals surface area contributed by atoms with Crippen molar-refractivity contribution in [2.24, 2.45) is 0 Å². The van der Waals surface area contributed by atoms with Gasteiger partial charge in [0.1, 0.15) is 48.8 Å². The number of hydrogen-bond donors (Lipinski definition) is 9. The van der Waals surface area contributed by atoms with Crippen molar-refractivity contribution in [1.82, 2.24) is 5.32 Å². The molecule has 0 aromatic heterocycles. The van der Waals surface area contributed by atoms with E-state index in [1.807, 2.05) is 6.08 Å². The Labute approximate surface area is 500 Å². The fourth-order valence-electron chi connectivity index (χ4n) is 9.49. The third-order valence-electron chi connectivity index (χ3n) is 14.6. The number of unbranched alkanes of at least 4 members (excludes halogenated alkanes) is 16. The van der Waals surface area contributed by atoms with Crippen molar-refractivity contribution in [3.63, 3.8) is 0 Å². The van der Waals surface area contributed by atoms with Gasteiger partial charge in [-0.25, -0.2) is 0 Å². The zero-order valence-electron chi connectivity index (χ0n) is 50.9. The van der Waals surface area contributed by atoms with Gasteiger partial charge in [0.15, 0.2) is 12.6 Å². The van der Waals surface area contributed by atoms with Gasteiger partial charge in [-0.15, -0.1) is 0 Å². The molecule has 14 heteroatoms. The molecule has 2 heterocycles. The number of nitrogens with one attached hydrogen (secondary N) is 1. The molecule has 0 aromatic carbocycles. The number of carbonyl (C=O) groups is 1. The normalized spacial score (nSPS) is 24.7. The molecule has 2 saturated heterocycles. The predicted octanol–water partition coefficient (Wildman–Crippen LogP) is 11.9. The molecule has 0 aliphatic carbocycles. The molecule has 0 saturated carbocycles. The smallest absolute Gasteiger partial charge is 0.220 e. The van der Waals surface area contributed by atoms with Crippen molar-refractivity contribution in [2.45, 2.75) is 274 Å². The number of carbonyl (C=O) groups excluding carboxylic acids is 1. The molecular weight excluding hydrogens is 1050 g/mol. The van der Waals surface area contributed by atoms with Crippen LogP contribution in [0.5, 0.6) is 0 Å². The summed E-state index contributed by atoms with van der Waals surface area (Å²) in [7, 11) is 0. The molecule has 2 rings (SSSR count). The van der Waals surface area contributed by atoms with Gasteiger partial charge in [0.05, 0.1) is 32.0 Å². The zero-order valence-corrected chi connectivity index (χ0v) is 50.9. The standard InChI is InChI=1S/C69H113NO13/c1-3-5-7-9-11-13-15-17-19-20-21-22-23-24-25-26-27-28-29-30-31-32-33-34-35-36-37-38-39-41-43-45-47-49-51-53-61(74)70-57(58(73)52-50-48-46-44-42-40-18-16-14-12-10-8-6-4-2)56-80-68-66(79)64(77)67(60(55-72)82-68)83-69-65(78)63(76)62(75)59(54-71)81-69/h5,7,11,13,17,19,21-22,24-25,27-28,30-31,33-34,36-37,39,41,50,52,57-60,62-69,71-73,75-79H,3-4,6,8-10,12,14-16,18,20,23,26,29,32,35,38,40,42-49,51,53-56H2,1-2H3,(H,70,74)/b7-5-,13-11-,19-17-,22-21-,25-24-,28-27-,31-30-,34-33-,37-36-,41-39-,52-50+. The summed E-state index contributed by atoms with van der Waals surface area (Å²) in [5.74, 6) is -0.270. The Balaban J connectivity index is 1.70. The Hall–Kier alpha value is -3.87. The molecule has 472 valence electrons. The minimum absolute atomic E-state index is 0.242. The lowest BCUT2D eigenvalue weighted by Gasteiger charge is -2.46. The second-order valence-electron chi connectivity index (χ2n) is 21.8. The summed E-state index contributed by atoms with van der Waals surface area (Å²) in [6.07, 6.45) is 60.6. The van der Waals surface area contributed by atoms with Crippen molar-refractivity contribution in [3.8, 4) is 0 Å². The van der Waals surface area contributed by atoms with Crippen LogP contribution in [0.15, 0.2) is 134 Å². The van der Waals surface area contributed by atoms with Gasteiger partial charge in [0, 0.05) is 6.42 Å². The van der Waals surface area contributed by atoms with Gasteiger partial charge in [-0.05, 0) is 96.3 Å². The molecule has 0 radical (unpaired) electrons. The highest BCUT2D eigenvalue weighted by atomic mass is 16.7. The van der Waals surface area contributed by atoms with Gasteiger partial charge in [0.2, 0.25) is 5.91 Å². The van der Waals surface area contributed by atoms with E-state index in [1.165, 1.54) is 57.8 Å². The molecule has 9 N–H and O–H groups in total. The van der Waals surface area contributed by atoms with E-state index >= 15 is 0 Å². The first-order valence-electron chi connectivity index (χ1n) is 31.9. The van der Waals surface area contributed by atoms with E-state index in [1.54, 1.807) is 6.08 Å². The summed E-state index contributed by atoms with van der Waals surface area (Å²) in [5, 5.41) is 87.1. The fraction of sp³-hybridized carbons (Fsp3) is 0.667. The molecule has 14 nitrogen and oxygen atoms in total. The zero-order chi connectivity index (χ0) is 60.2. The van der Waals surface area contributed by atoms with Gasteiger partial charge < -0.3 is 65.1 Å². The summed E-state index contributed by atoms with van der Waals surface area (Å²) < 4.78 is 22.8. The van der Waals surface area contributed by atoms with E-state index in [0.717, 1.165) is 116 Å². The van der Waals surface area contributed by atoms with Crippen LogP contribution in [0.1, 0.15) is 200 Å². The first-order chi connectivity index (χ1) is 40.6. The van der Waals surface area contributed by atoms with Crippen molar-refractivity contribution in [3.05, 3.63) is 134 Å². The quantitative estimate of drug-likeness (QED) is 0.0204. The largest absolute Gasteiger partial charge is 0.394 e. The van der Waals surface area contributed by atoms with E-state index in [-0.39, 0.29) is 18.9 Å². The second kappa shape index (κ2) is 52.5. The van der Waals surface area contributed by atoms with Gasteiger partial charge in [-0.1, -0.05) is 231 Å². The van der Waals surface area contributed by atoms with Crippen LogP contribution >= 0.6 is 0 Å². The van der Waals surface area contributed by atoms with Crippen molar-refractivity contribution in [2.75, 3.05) is 19.8 Å². The molecule has 2 aliphatic heterocycles. The Morgan fingerprint density at radius 2 is 0.831 bits per heavy atom. The number of aliphatic hydroxyl groups is 8. The Bertz CT molecular complexity index is 1900. The minimum Gasteiger partial charge on any atom is -0.394 e. The molecule has 0 aromatic rings. The van der Waals surface area contributed by atoms with Gasteiger partial charge in [-0.2, -0.15) is 0 Å². The van der Waals surface area contributed by atoms with E-state index in [9.17, 15) is 45.6 Å². The lowest BCUT2D eigenvalue weighted by Crippen LogP contribution is -2.65. The lowest BCUT2D eigenvalue weighted by molar-refractivity contribution is -0.359. The average molecular weight is 1160 g/mol. The summed E-state index contributed by atoms with van der Waals surface area (Å²) in [6.45, 7) is 2.64. The Morgan fingerprint density at radius 3 is 1.28 bits per heavy atom. The van der Waals surface area contributed by atoms with E-state index in [0.29, 0.717) is 6.42 Å². The summed E-state index contributed by atoms with van der Waals surface area (Å²) >= 11 is 0. The number of ether oxygens (including phenoxy) is 4. The molecule has 2 aliphatic rings. The Morgan fingerprint density at radius 1 is 0.446 bits per heavy atom. The molecule has 1 amide bonds. The first-order valence-corrected chi connectivity index (χ1v) is 31.9. The number of amides is 1. The van der Waals surface area contributed by atoms with Crippen LogP contribution in [0, 0.1) is 0 Å². The second-order valence-corrected chi connectivity index (χ2v) is 21.8. The van der Waals surface area contributed by atoms with E-state index in [4.69, 9.17) is 18.9 Å². The van der Waals surface area contributed by atoms with Gasteiger partial charge in [0.25, 0.3) is 0 Å².